The summed E-state index contributed by atoms with van der Waals surface area (Å²) in [6.45, 7) is 5.56. The highest BCUT2D eigenvalue weighted by atomic mass is 19.4. The van der Waals surface area contributed by atoms with Gasteiger partial charge in [-0.1, -0.05) is 67.9 Å². The maximum absolute atomic E-state index is 13.5. The predicted molar refractivity (Wildman–Crippen MR) is 144 cm³/mol. The average molecular weight is 599 g/mol. The molecule has 1 aromatic heterocycles. The molecule has 0 unspecified atom stereocenters. The smallest absolute Gasteiger partial charge is 0.379 e. The van der Waals surface area contributed by atoms with E-state index in [4.69, 9.17) is 9.72 Å². The molecule has 0 aliphatic carbocycles. The molecular weight excluding hydrogens is 566 g/mol. The summed E-state index contributed by atoms with van der Waals surface area (Å²) in [5.74, 6) is -0.208. The Kier molecular flexibility index (Phi) is 9.63. The first-order valence-electron chi connectivity index (χ1n) is 13.6. The molecule has 0 spiro atoms. The largest absolute Gasteiger partial charge is 0.430 e. The van der Waals surface area contributed by atoms with Crippen LogP contribution in [-0.2, 0) is 16.9 Å². The minimum absolute atomic E-state index is 0.178. The number of aliphatic hydroxyl groups is 1. The lowest BCUT2D eigenvalue weighted by molar-refractivity contribution is -0.376. The number of ether oxygens (including phenoxy) is 1. The van der Waals surface area contributed by atoms with E-state index in [0.717, 1.165) is 25.0 Å². The van der Waals surface area contributed by atoms with Gasteiger partial charge in [0.2, 0.25) is 0 Å². The summed E-state index contributed by atoms with van der Waals surface area (Å²) in [4.78, 5) is 20.4. The summed E-state index contributed by atoms with van der Waals surface area (Å²) in [6.07, 6.45) is -10.4. The molecule has 1 amide bonds. The first-order valence-corrected chi connectivity index (χ1v) is 13.6. The van der Waals surface area contributed by atoms with Gasteiger partial charge in [-0.3, -0.25) is 9.69 Å². The summed E-state index contributed by atoms with van der Waals surface area (Å²) in [5.41, 5.74) is -5.08. The van der Waals surface area contributed by atoms with E-state index < -0.39 is 29.4 Å². The van der Waals surface area contributed by atoms with Crippen LogP contribution < -0.4 is 5.32 Å². The highest BCUT2D eigenvalue weighted by molar-refractivity contribution is 5.99. The monoisotopic (exact) mass is 598 g/mol. The highest BCUT2D eigenvalue weighted by Gasteiger charge is 2.71. The van der Waals surface area contributed by atoms with E-state index >= 15 is 0 Å². The standard InChI is InChI=1S/C29H32F6N4O3/c1-2-3-13-36-26(40)24-23(20-7-5-4-6-8-20)37-25(39(24)15-14-38-16-18-42-19-17-38)21-9-11-22(12-10-21)27(41,28(30,31)32)29(33,34)35/h4-12,41H,2-3,13-19H2,1H3,(H,36,40). The van der Waals surface area contributed by atoms with Gasteiger partial charge in [0, 0.05) is 49.4 Å². The van der Waals surface area contributed by atoms with Crippen molar-refractivity contribution in [3.8, 4) is 22.6 Å². The summed E-state index contributed by atoms with van der Waals surface area (Å²) in [7, 11) is 0. The Balaban J connectivity index is 1.83. The van der Waals surface area contributed by atoms with Gasteiger partial charge in [0.1, 0.15) is 17.2 Å². The number of hydrogen-bond donors (Lipinski definition) is 2. The Morgan fingerprint density at radius 1 is 0.929 bits per heavy atom. The van der Waals surface area contributed by atoms with Crippen LogP contribution >= 0.6 is 0 Å². The summed E-state index contributed by atoms with van der Waals surface area (Å²) >= 11 is 0. The number of unbranched alkanes of at least 4 members (excludes halogenated alkanes) is 1. The number of rotatable bonds is 10. The van der Waals surface area contributed by atoms with E-state index in [0.29, 0.717) is 62.8 Å². The van der Waals surface area contributed by atoms with Crippen molar-refractivity contribution in [1.29, 1.82) is 0 Å². The predicted octanol–water partition coefficient (Wildman–Crippen LogP) is 5.39. The van der Waals surface area contributed by atoms with E-state index in [2.05, 4.69) is 10.2 Å². The molecule has 13 heteroatoms. The number of hydrogen-bond acceptors (Lipinski definition) is 5. The molecule has 4 rings (SSSR count). The lowest BCUT2D eigenvalue weighted by Gasteiger charge is -2.32. The third-order valence-electron chi connectivity index (χ3n) is 7.17. The van der Waals surface area contributed by atoms with Gasteiger partial charge in [0.25, 0.3) is 11.5 Å². The Labute approximate surface area is 239 Å². The summed E-state index contributed by atoms with van der Waals surface area (Å²) < 4.78 is 87.9. The maximum Gasteiger partial charge on any atom is 0.430 e. The minimum atomic E-state index is -6.01. The number of aromatic nitrogens is 2. The fraction of sp³-hybridized carbons (Fsp3) is 0.448. The van der Waals surface area contributed by atoms with Gasteiger partial charge in [-0.05, 0) is 6.42 Å². The van der Waals surface area contributed by atoms with Crippen LogP contribution in [0, 0.1) is 0 Å². The van der Waals surface area contributed by atoms with Crippen molar-refractivity contribution < 1.29 is 41.0 Å². The first-order chi connectivity index (χ1) is 19.9. The lowest BCUT2D eigenvalue weighted by atomic mass is 9.91. The molecule has 0 saturated carbocycles. The number of carbonyl (C=O) groups excluding carboxylic acids is 1. The number of benzene rings is 2. The fourth-order valence-electron chi connectivity index (χ4n) is 4.80. The Hall–Kier alpha value is -3.42. The zero-order chi connectivity index (χ0) is 30.5. The highest BCUT2D eigenvalue weighted by Crippen LogP contribution is 2.50. The van der Waals surface area contributed by atoms with Crippen molar-refractivity contribution in [1.82, 2.24) is 19.8 Å². The number of halogens is 6. The third kappa shape index (κ3) is 6.47. The zero-order valence-corrected chi connectivity index (χ0v) is 22.9. The Bertz CT molecular complexity index is 1320. The quantitative estimate of drug-likeness (QED) is 0.242. The lowest BCUT2D eigenvalue weighted by Crippen LogP contribution is -2.53. The molecule has 3 aromatic rings. The van der Waals surface area contributed by atoms with Gasteiger partial charge >= 0.3 is 12.4 Å². The van der Waals surface area contributed by atoms with Gasteiger partial charge < -0.3 is 19.7 Å². The molecule has 0 radical (unpaired) electrons. The summed E-state index contributed by atoms with van der Waals surface area (Å²) in [6, 6.07) is 12.1. The van der Waals surface area contributed by atoms with Crippen molar-refractivity contribution in [3.05, 3.63) is 65.9 Å². The second-order valence-electron chi connectivity index (χ2n) is 10.00. The van der Waals surface area contributed by atoms with Crippen molar-refractivity contribution in [3.63, 3.8) is 0 Å². The van der Waals surface area contributed by atoms with Gasteiger partial charge in [-0.15, -0.1) is 0 Å². The Morgan fingerprint density at radius 2 is 1.55 bits per heavy atom. The number of amides is 1. The molecule has 2 aromatic carbocycles. The van der Waals surface area contributed by atoms with Crippen LogP contribution in [0.4, 0.5) is 26.3 Å². The molecule has 2 heterocycles. The zero-order valence-electron chi connectivity index (χ0n) is 22.9. The molecule has 1 aliphatic rings. The van der Waals surface area contributed by atoms with Crippen LogP contribution in [0.3, 0.4) is 0 Å². The number of morpholine rings is 1. The minimum Gasteiger partial charge on any atom is -0.379 e. The molecule has 1 fully saturated rings. The van der Waals surface area contributed by atoms with Crippen LogP contribution in [0.15, 0.2) is 54.6 Å². The molecule has 0 atom stereocenters. The normalized spacial score (nSPS) is 15.1. The van der Waals surface area contributed by atoms with Crippen LogP contribution in [0.2, 0.25) is 0 Å². The van der Waals surface area contributed by atoms with Crippen LogP contribution in [-0.4, -0.2) is 77.2 Å². The van der Waals surface area contributed by atoms with Gasteiger partial charge in [0.05, 0.1) is 13.2 Å². The SMILES string of the molecule is CCCCNC(=O)c1c(-c2ccccc2)nc(-c2ccc(C(O)(C(F)(F)F)C(F)(F)F)cc2)n1CCN1CCOCC1. The molecule has 42 heavy (non-hydrogen) atoms. The van der Waals surface area contributed by atoms with Gasteiger partial charge in [-0.25, -0.2) is 4.98 Å². The topological polar surface area (TPSA) is 79.6 Å². The Morgan fingerprint density at radius 3 is 2.12 bits per heavy atom. The molecular formula is C29H32F6N4O3. The number of nitrogens with one attached hydrogen (secondary N) is 1. The molecule has 1 aliphatic heterocycles. The molecule has 0 bridgehead atoms. The van der Waals surface area contributed by atoms with Crippen molar-refractivity contribution in [2.75, 3.05) is 39.4 Å². The van der Waals surface area contributed by atoms with Crippen molar-refractivity contribution in [2.45, 2.75) is 44.3 Å². The molecule has 1 saturated heterocycles. The second kappa shape index (κ2) is 12.8. The van der Waals surface area contributed by atoms with E-state index in [1.54, 1.807) is 34.9 Å². The van der Waals surface area contributed by atoms with Crippen LogP contribution in [0.5, 0.6) is 0 Å². The second-order valence-corrected chi connectivity index (χ2v) is 10.00. The van der Waals surface area contributed by atoms with E-state index in [1.807, 2.05) is 6.92 Å². The molecule has 2 N–H and O–H groups in total. The van der Waals surface area contributed by atoms with Crippen molar-refractivity contribution in [2.24, 2.45) is 0 Å². The van der Waals surface area contributed by atoms with E-state index in [9.17, 15) is 36.2 Å². The van der Waals surface area contributed by atoms with Gasteiger partial charge in [-0.2, -0.15) is 26.3 Å². The van der Waals surface area contributed by atoms with Crippen molar-refractivity contribution >= 4 is 5.91 Å². The van der Waals surface area contributed by atoms with Crippen LogP contribution in [0.1, 0.15) is 35.8 Å². The maximum atomic E-state index is 13.5. The number of nitrogens with zero attached hydrogens (tertiary/aromatic N) is 3. The number of carbonyl (C=O) groups is 1. The summed E-state index contributed by atoms with van der Waals surface area (Å²) in [5, 5.41) is 12.7. The fourth-order valence-corrected chi connectivity index (χ4v) is 4.80. The van der Waals surface area contributed by atoms with Gasteiger partial charge in [0.15, 0.2) is 0 Å². The van der Waals surface area contributed by atoms with E-state index in [1.165, 1.54) is 0 Å². The number of imidazole rings is 1. The molecule has 7 nitrogen and oxygen atoms in total. The third-order valence-corrected chi connectivity index (χ3v) is 7.17. The average Bonchev–Trinajstić information content (AvgIpc) is 3.35. The molecule has 228 valence electrons. The van der Waals surface area contributed by atoms with Crippen LogP contribution in [0.25, 0.3) is 22.6 Å². The van der Waals surface area contributed by atoms with E-state index in [-0.39, 0.29) is 23.6 Å². The first kappa shape index (κ1) is 31.5. The number of alkyl halides is 6.